The summed E-state index contributed by atoms with van der Waals surface area (Å²) in [6, 6.07) is 11.6. The van der Waals surface area contributed by atoms with E-state index in [-0.39, 0.29) is 20.6 Å². The van der Waals surface area contributed by atoms with Crippen LogP contribution in [0, 0.1) is 20.2 Å². The van der Waals surface area contributed by atoms with Gasteiger partial charge in [-0.05, 0) is 23.9 Å². The Hall–Kier alpha value is -3.44. The lowest BCUT2D eigenvalue weighted by Crippen LogP contribution is -2.22. The first kappa shape index (κ1) is 19.3. The summed E-state index contributed by atoms with van der Waals surface area (Å²) in [6.07, 6.45) is 2.79. The number of nitro benzene ring substituents is 2. The van der Waals surface area contributed by atoms with E-state index < -0.39 is 15.8 Å². The van der Waals surface area contributed by atoms with E-state index in [4.69, 9.17) is 12.2 Å². The van der Waals surface area contributed by atoms with Crippen LogP contribution in [0.4, 0.5) is 11.4 Å². The number of non-ortho nitro benzene ring substituents is 2. The molecule has 2 aromatic rings. The van der Waals surface area contributed by atoms with E-state index in [1.54, 1.807) is 12.1 Å². The van der Waals surface area contributed by atoms with Gasteiger partial charge in [0.25, 0.3) is 17.3 Å². The van der Waals surface area contributed by atoms with Crippen molar-refractivity contribution in [3.05, 3.63) is 84.8 Å². The summed E-state index contributed by atoms with van der Waals surface area (Å²) in [5.41, 5.74) is 0.733. The minimum absolute atomic E-state index is 0.0899. The molecule has 28 heavy (non-hydrogen) atoms. The molecule has 3 rings (SSSR count). The number of benzene rings is 2. The largest absolute Gasteiger partial charge is 0.286 e. The van der Waals surface area contributed by atoms with Gasteiger partial charge in [-0.25, -0.2) is 0 Å². The number of hydrogen-bond donors (Lipinski definition) is 0. The highest BCUT2D eigenvalue weighted by Crippen LogP contribution is 2.33. The van der Waals surface area contributed by atoms with E-state index in [1.165, 1.54) is 48.7 Å². The van der Waals surface area contributed by atoms with Gasteiger partial charge in [0.2, 0.25) is 0 Å². The predicted molar refractivity (Wildman–Crippen MR) is 109 cm³/mol. The molecule has 1 heterocycles. The minimum atomic E-state index is -0.529. The van der Waals surface area contributed by atoms with Gasteiger partial charge in [0.1, 0.15) is 0 Å². The summed E-state index contributed by atoms with van der Waals surface area (Å²) >= 11 is 6.17. The SMILES string of the molecule is O=C1/C(=C\c2cccc([N+](=O)[O-])c2)SC(=S)N1/N=C/c1cccc([N+](=O)[O-])c1. The second-order valence-electron chi connectivity index (χ2n) is 5.44. The Morgan fingerprint density at radius 1 is 1.00 bits per heavy atom. The van der Waals surface area contributed by atoms with Crippen molar-refractivity contribution < 1.29 is 14.6 Å². The van der Waals surface area contributed by atoms with Crippen molar-refractivity contribution in [2.45, 2.75) is 0 Å². The van der Waals surface area contributed by atoms with Gasteiger partial charge in [-0.1, -0.05) is 36.0 Å². The number of rotatable bonds is 5. The maximum Gasteiger partial charge on any atom is 0.286 e. The van der Waals surface area contributed by atoms with Gasteiger partial charge >= 0.3 is 0 Å². The van der Waals surface area contributed by atoms with Crippen LogP contribution in [0.5, 0.6) is 0 Å². The molecule has 0 radical (unpaired) electrons. The lowest BCUT2D eigenvalue weighted by Gasteiger charge is -2.06. The van der Waals surface area contributed by atoms with E-state index in [9.17, 15) is 25.0 Å². The molecule has 2 aromatic carbocycles. The number of hydrogen-bond acceptors (Lipinski definition) is 8. The van der Waals surface area contributed by atoms with Crippen LogP contribution in [0.1, 0.15) is 11.1 Å². The van der Waals surface area contributed by atoms with Gasteiger partial charge in [0.05, 0.1) is 21.0 Å². The summed E-state index contributed by atoms with van der Waals surface area (Å²) in [4.78, 5) is 33.4. The zero-order valence-electron chi connectivity index (χ0n) is 13.9. The highest BCUT2D eigenvalue weighted by molar-refractivity contribution is 8.26. The van der Waals surface area contributed by atoms with E-state index >= 15 is 0 Å². The first-order valence-electron chi connectivity index (χ1n) is 7.66. The summed E-state index contributed by atoms with van der Waals surface area (Å²) in [6.45, 7) is 0. The molecule has 140 valence electrons. The molecule has 9 nitrogen and oxygen atoms in total. The number of thiocarbonyl (C=S) groups is 1. The molecule has 0 atom stereocenters. The van der Waals surface area contributed by atoms with Crippen molar-refractivity contribution in [2.24, 2.45) is 5.10 Å². The third-order valence-corrected chi connectivity index (χ3v) is 4.84. The van der Waals surface area contributed by atoms with Crippen LogP contribution in [0.2, 0.25) is 0 Å². The molecule has 1 amide bonds. The van der Waals surface area contributed by atoms with Crippen molar-refractivity contribution in [3.8, 4) is 0 Å². The number of hydrazone groups is 1. The Morgan fingerprint density at radius 3 is 2.18 bits per heavy atom. The van der Waals surface area contributed by atoms with Crippen LogP contribution in [-0.4, -0.2) is 31.3 Å². The van der Waals surface area contributed by atoms with Crippen LogP contribution in [-0.2, 0) is 4.79 Å². The Morgan fingerprint density at radius 2 is 1.57 bits per heavy atom. The van der Waals surface area contributed by atoms with Crippen molar-refractivity contribution in [1.29, 1.82) is 0 Å². The molecular weight excluding hydrogens is 404 g/mol. The maximum absolute atomic E-state index is 12.5. The Bertz CT molecular complexity index is 1070. The van der Waals surface area contributed by atoms with Gasteiger partial charge in [0, 0.05) is 29.8 Å². The molecule has 0 N–H and O–H groups in total. The third-order valence-electron chi connectivity index (χ3n) is 3.56. The van der Waals surface area contributed by atoms with Crippen LogP contribution < -0.4 is 0 Å². The van der Waals surface area contributed by atoms with Crippen LogP contribution in [0.25, 0.3) is 6.08 Å². The zero-order valence-corrected chi connectivity index (χ0v) is 15.6. The summed E-state index contributed by atoms with van der Waals surface area (Å²) in [5, 5.41) is 26.7. The number of carbonyl (C=O) groups excluding carboxylic acids is 1. The highest BCUT2D eigenvalue weighted by Gasteiger charge is 2.32. The lowest BCUT2D eigenvalue weighted by atomic mass is 10.2. The molecule has 11 heteroatoms. The highest BCUT2D eigenvalue weighted by atomic mass is 32.2. The molecule has 0 aliphatic carbocycles. The normalized spacial score (nSPS) is 15.6. The number of nitrogens with zero attached hydrogens (tertiary/aromatic N) is 4. The van der Waals surface area contributed by atoms with E-state index in [0.29, 0.717) is 11.1 Å². The van der Waals surface area contributed by atoms with Crippen molar-refractivity contribution in [1.82, 2.24) is 5.01 Å². The number of nitro groups is 2. The fraction of sp³-hybridized carbons (Fsp3) is 0. The summed E-state index contributed by atoms with van der Waals surface area (Å²) in [5.74, 6) is -0.483. The first-order chi connectivity index (χ1) is 13.3. The standard InChI is InChI=1S/C17H10N4O5S2/c22-16-15(9-11-3-1-5-13(7-11)20(23)24)28-17(27)19(16)18-10-12-4-2-6-14(8-12)21(25)26/h1-10H/b15-9+,18-10+. The molecule has 1 fully saturated rings. The Balaban J connectivity index is 1.82. The molecule has 0 saturated carbocycles. The predicted octanol–water partition coefficient (Wildman–Crippen LogP) is 3.74. The van der Waals surface area contributed by atoms with E-state index in [1.807, 2.05) is 0 Å². The molecular formula is C17H10N4O5S2. The topological polar surface area (TPSA) is 119 Å². The number of thioether (sulfide) groups is 1. The smallest absolute Gasteiger partial charge is 0.266 e. The molecule has 1 saturated heterocycles. The van der Waals surface area contributed by atoms with Crippen molar-refractivity contribution in [3.63, 3.8) is 0 Å². The summed E-state index contributed by atoms with van der Waals surface area (Å²) < 4.78 is 0.184. The van der Waals surface area contributed by atoms with Crippen LogP contribution in [0.3, 0.4) is 0 Å². The minimum Gasteiger partial charge on any atom is -0.266 e. The van der Waals surface area contributed by atoms with Crippen LogP contribution in [0.15, 0.2) is 58.5 Å². The molecule has 1 aliphatic heterocycles. The quantitative estimate of drug-likeness (QED) is 0.240. The molecule has 1 aliphatic rings. The maximum atomic E-state index is 12.5. The second kappa shape index (κ2) is 8.06. The monoisotopic (exact) mass is 414 g/mol. The number of carbonyl (C=O) groups is 1. The zero-order chi connectivity index (χ0) is 20.3. The molecule has 0 unspecified atom stereocenters. The van der Waals surface area contributed by atoms with E-state index in [0.717, 1.165) is 16.8 Å². The second-order valence-corrected chi connectivity index (χ2v) is 7.12. The fourth-order valence-electron chi connectivity index (χ4n) is 2.28. The van der Waals surface area contributed by atoms with Crippen molar-refractivity contribution >= 4 is 57.9 Å². The average Bonchev–Trinajstić information content (AvgIpc) is 2.93. The van der Waals surface area contributed by atoms with Gasteiger partial charge in [-0.3, -0.25) is 25.0 Å². The Labute approximate surface area is 167 Å². The first-order valence-corrected chi connectivity index (χ1v) is 8.88. The molecule has 0 aromatic heterocycles. The van der Waals surface area contributed by atoms with Gasteiger partial charge < -0.3 is 0 Å². The average molecular weight is 414 g/mol. The fourth-order valence-corrected chi connectivity index (χ4v) is 3.45. The Kier molecular flexibility index (Phi) is 5.57. The van der Waals surface area contributed by atoms with E-state index in [2.05, 4.69) is 5.10 Å². The van der Waals surface area contributed by atoms with Gasteiger partial charge in [-0.2, -0.15) is 10.1 Å². The van der Waals surface area contributed by atoms with Crippen molar-refractivity contribution in [2.75, 3.05) is 0 Å². The molecule has 0 bridgehead atoms. The number of amides is 1. The third kappa shape index (κ3) is 4.27. The van der Waals surface area contributed by atoms with Gasteiger partial charge in [0.15, 0.2) is 4.32 Å². The lowest BCUT2D eigenvalue weighted by molar-refractivity contribution is -0.385. The van der Waals surface area contributed by atoms with Crippen LogP contribution >= 0.6 is 24.0 Å². The van der Waals surface area contributed by atoms with Gasteiger partial charge in [-0.15, -0.1) is 0 Å². The molecule has 0 spiro atoms. The summed E-state index contributed by atoms with van der Waals surface area (Å²) in [7, 11) is 0.